The molecular formula is C11H24N4O7. The first-order valence-electron chi connectivity index (χ1n) is 6.93. The normalized spacial score (nSPS) is 53.5. The first kappa shape index (κ1) is 17.9. The number of aliphatic hydroxyl groups is 4. The maximum absolute atomic E-state index is 9.99. The van der Waals surface area contributed by atoms with Crippen LogP contribution in [0.15, 0.2) is 0 Å². The lowest BCUT2D eigenvalue weighted by Crippen LogP contribution is -2.68. The van der Waals surface area contributed by atoms with Crippen LogP contribution in [0, 0.1) is 0 Å². The minimum Gasteiger partial charge on any atom is -0.388 e. The highest BCUT2D eigenvalue weighted by molar-refractivity contribution is 4.94. The molecule has 0 radical (unpaired) electrons. The predicted molar refractivity (Wildman–Crippen MR) is 71.6 cm³/mol. The van der Waals surface area contributed by atoms with Gasteiger partial charge in [0.1, 0.15) is 49.1 Å². The molecule has 0 aromatic carbocycles. The Labute approximate surface area is 126 Å². The summed E-state index contributed by atoms with van der Waals surface area (Å²) in [7, 11) is 0. The van der Waals surface area contributed by atoms with Crippen LogP contribution in [0.3, 0.4) is 0 Å². The van der Waals surface area contributed by atoms with Gasteiger partial charge in [0.15, 0.2) is 6.29 Å². The Morgan fingerprint density at radius 3 is 2.05 bits per heavy atom. The molecule has 0 aromatic heterocycles. The molecule has 0 spiro atoms. The molecule has 22 heavy (non-hydrogen) atoms. The zero-order chi connectivity index (χ0) is 16.6. The average molecular weight is 324 g/mol. The van der Waals surface area contributed by atoms with Crippen LogP contribution in [0.1, 0.15) is 0 Å². The second-order valence-electron chi connectivity index (χ2n) is 5.48. The summed E-state index contributed by atoms with van der Waals surface area (Å²) in [5.74, 6) is 0. The molecule has 4 unspecified atom stereocenters. The number of aliphatic hydroxyl groups excluding tert-OH is 4. The molecule has 2 saturated heterocycles. The van der Waals surface area contributed by atoms with Gasteiger partial charge in [-0.25, -0.2) is 0 Å². The zero-order valence-corrected chi connectivity index (χ0v) is 11.8. The van der Waals surface area contributed by atoms with E-state index in [1.807, 2.05) is 0 Å². The molecule has 11 heteroatoms. The second kappa shape index (κ2) is 6.98. The van der Waals surface area contributed by atoms with Crippen LogP contribution in [0.2, 0.25) is 0 Å². The Balaban J connectivity index is 2.08. The van der Waals surface area contributed by atoms with Gasteiger partial charge in [0.2, 0.25) is 0 Å². The topological polar surface area (TPSA) is 213 Å². The highest BCUT2D eigenvalue weighted by atomic mass is 16.7. The molecule has 2 rings (SSSR count). The van der Waals surface area contributed by atoms with Crippen LogP contribution in [0.5, 0.6) is 0 Å². The van der Waals surface area contributed by atoms with Crippen LogP contribution < -0.4 is 22.9 Å². The highest BCUT2D eigenvalue weighted by Crippen LogP contribution is 2.25. The molecule has 0 saturated carbocycles. The summed E-state index contributed by atoms with van der Waals surface area (Å²) in [6, 6.07) is -1.11. The fraction of sp³-hybridized carbons (Fsp3) is 1.00. The van der Waals surface area contributed by atoms with Crippen LogP contribution in [-0.2, 0) is 14.2 Å². The first-order chi connectivity index (χ1) is 10.3. The molecule has 0 aromatic rings. The van der Waals surface area contributed by atoms with E-state index in [9.17, 15) is 20.4 Å². The van der Waals surface area contributed by atoms with Gasteiger partial charge in [-0.3, -0.25) is 0 Å². The van der Waals surface area contributed by atoms with Crippen LogP contribution in [0.4, 0.5) is 0 Å². The first-order valence-corrected chi connectivity index (χ1v) is 6.93. The Bertz CT molecular complexity index is 376. The van der Waals surface area contributed by atoms with E-state index in [4.69, 9.17) is 37.1 Å². The lowest BCUT2D eigenvalue weighted by Gasteiger charge is -2.45. The van der Waals surface area contributed by atoms with Gasteiger partial charge in [0.05, 0.1) is 6.04 Å². The Hall–Kier alpha value is -0.440. The van der Waals surface area contributed by atoms with Gasteiger partial charge in [-0.05, 0) is 0 Å². The number of hydrogen-bond donors (Lipinski definition) is 8. The van der Waals surface area contributed by atoms with Crippen LogP contribution in [0.25, 0.3) is 0 Å². The van der Waals surface area contributed by atoms with Crippen molar-refractivity contribution in [1.29, 1.82) is 0 Å². The third-order valence-corrected chi connectivity index (χ3v) is 3.93. The van der Waals surface area contributed by atoms with Crippen molar-refractivity contribution in [1.82, 2.24) is 0 Å². The maximum Gasteiger partial charge on any atom is 0.176 e. The molecule has 0 bridgehead atoms. The molecule has 11 nitrogen and oxygen atoms in total. The summed E-state index contributed by atoms with van der Waals surface area (Å²) in [4.78, 5) is 0. The molecule has 12 N–H and O–H groups in total. The van der Waals surface area contributed by atoms with Crippen molar-refractivity contribution in [3.8, 4) is 0 Å². The third kappa shape index (κ3) is 3.25. The minimum atomic E-state index is -1.44. The third-order valence-electron chi connectivity index (χ3n) is 3.93. The standard InChI is InChI=1S/C11H24N4O7/c12-1-2-4(16)5(17)3(13)11(20-2)21-8-6(18)7(19)9(14)22-10(8)15/h2-11,16-19H,1,12-15H2/t2?,3?,4-,5-,6-,7?,8+,9-,10?,11-/m1/s1. The number of nitrogens with two attached hydrogens (primary N) is 4. The monoisotopic (exact) mass is 324 g/mol. The lowest BCUT2D eigenvalue weighted by molar-refractivity contribution is -0.313. The van der Waals surface area contributed by atoms with Gasteiger partial charge < -0.3 is 57.6 Å². The summed E-state index contributed by atoms with van der Waals surface area (Å²) >= 11 is 0. The Morgan fingerprint density at radius 1 is 0.818 bits per heavy atom. The van der Waals surface area contributed by atoms with Crippen LogP contribution in [-0.4, -0.2) is 88.4 Å². The summed E-state index contributed by atoms with van der Waals surface area (Å²) in [5, 5.41) is 39.3. The zero-order valence-electron chi connectivity index (χ0n) is 11.8. The minimum absolute atomic E-state index is 0.0753. The summed E-state index contributed by atoms with van der Waals surface area (Å²) in [6.07, 6.45) is -11.0. The molecule has 2 fully saturated rings. The Morgan fingerprint density at radius 2 is 1.45 bits per heavy atom. The van der Waals surface area contributed by atoms with Gasteiger partial charge in [0.25, 0.3) is 0 Å². The average Bonchev–Trinajstić information content (AvgIpc) is 2.49. The predicted octanol–water partition coefficient (Wildman–Crippen LogP) is -5.57. The van der Waals surface area contributed by atoms with E-state index in [0.29, 0.717) is 0 Å². The van der Waals surface area contributed by atoms with Crippen molar-refractivity contribution < 1.29 is 34.6 Å². The van der Waals surface area contributed by atoms with E-state index in [1.165, 1.54) is 0 Å². The van der Waals surface area contributed by atoms with Crippen molar-refractivity contribution >= 4 is 0 Å². The van der Waals surface area contributed by atoms with Crippen LogP contribution >= 0.6 is 0 Å². The molecule has 130 valence electrons. The fourth-order valence-electron chi connectivity index (χ4n) is 2.51. The van der Waals surface area contributed by atoms with Crippen molar-refractivity contribution in [2.24, 2.45) is 22.9 Å². The molecule has 2 heterocycles. The SMILES string of the molecule is NCC1O[C@H](O[C@@H]2C(N)O[C@@H](N)C(O)[C@H]2O)C(N)[C@@H](O)[C@@H]1O. The van der Waals surface area contributed by atoms with Gasteiger partial charge in [-0.15, -0.1) is 0 Å². The Kier molecular flexibility index (Phi) is 5.68. The molecule has 2 aliphatic rings. The smallest absolute Gasteiger partial charge is 0.176 e. The molecule has 0 aliphatic carbocycles. The van der Waals surface area contributed by atoms with E-state index in [0.717, 1.165) is 0 Å². The molecule has 10 atom stereocenters. The maximum atomic E-state index is 9.99. The highest BCUT2D eigenvalue weighted by Gasteiger charge is 2.48. The molecular weight excluding hydrogens is 300 g/mol. The largest absolute Gasteiger partial charge is 0.388 e. The second-order valence-corrected chi connectivity index (χ2v) is 5.48. The summed E-state index contributed by atoms with van der Waals surface area (Å²) in [5.41, 5.74) is 22.3. The lowest BCUT2D eigenvalue weighted by atomic mass is 9.97. The van der Waals surface area contributed by atoms with E-state index < -0.39 is 61.4 Å². The van der Waals surface area contributed by atoms with Crippen molar-refractivity contribution in [2.45, 2.75) is 61.4 Å². The quantitative estimate of drug-likeness (QED) is 0.245. The summed E-state index contributed by atoms with van der Waals surface area (Å²) < 4.78 is 15.9. The van der Waals surface area contributed by atoms with Gasteiger partial charge in [-0.2, -0.15) is 0 Å². The van der Waals surface area contributed by atoms with Gasteiger partial charge >= 0.3 is 0 Å². The number of hydrogen-bond acceptors (Lipinski definition) is 11. The van der Waals surface area contributed by atoms with Crippen molar-refractivity contribution in [2.75, 3.05) is 6.54 Å². The van der Waals surface area contributed by atoms with Gasteiger partial charge in [0, 0.05) is 6.54 Å². The number of ether oxygens (including phenoxy) is 3. The molecule has 0 amide bonds. The van der Waals surface area contributed by atoms with E-state index >= 15 is 0 Å². The van der Waals surface area contributed by atoms with E-state index in [-0.39, 0.29) is 6.54 Å². The number of rotatable bonds is 3. The fourth-order valence-corrected chi connectivity index (χ4v) is 2.51. The van der Waals surface area contributed by atoms with E-state index in [2.05, 4.69) is 0 Å². The molecule has 2 aliphatic heterocycles. The summed E-state index contributed by atoms with van der Waals surface area (Å²) in [6.45, 7) is -0.0753. The van der Waals surface area contributed by atoms with Crippen molar-refractivity contribution in [3.63, 3.8) is 0 Å². The van der Waals surface area contributed by atoms with Gasteiger partial charge in [-0.1, -0.05) is 0 Å². The van der Waals surface area contributed by atoms with E-state index in [1.54, 1.807) is 0 Å². The van der Waals surface area contributed by atoms with Crippen molar-refractivity contribution in [3.05, 3.63) is 0 Å².